The highest BCUT2D eigenvalue weighted by Crippen LogP contribution is 2.29. The lowest BCUT2D eigenvalue weighted by atomic mass is 10.2. The molecule has 1 aromatic heterocycles. The number of alkyl halides is 3. The molecule has 2 aromatic rings. The van der Waals surface area contributed by atoms with E-state index in [9.17, 15) is 18.0 Å². The van der Waals surface area contributed by atoms with Crippen molar-refractivity contribution in [2.24, 2.45) is 0 Å². The van der Waals surface area contributed by atoms with Crippen molar-refractivity contribution in [3.63, 3.8) is 0 Å². The number of amides is 1. The number of aromatic nitrogens is 1. The fourth-order valence-corrected chi connectivity index (χ4v) is 3.26. The summed E-state index contributed by atoms with van der Waals surface area (Å²) in [6, 6.07) is 12.0. The normalized spacial score (nSPS) is 15.5. The molecule has 0 N–H and O–H groups in total. The van der Waals surface area contributed by atoms with Crippen molar-refractivity contribution in [2.45, 2.75) is 13.1 Å². The van der Waals surface area contributed by atoms with E-state index in [-0.39, 0.29) is 5.91 Å². The zero-order chi connectivity index (χ0) is 20.1. The van der Waals surface area contributed by atoms with Crippen LogP contribution in [0.2, 0.25) is 0 Å². The van der Waals surface area contributed by atoms with Gasteiger partial charge in [0.05, 0.1) is 12.1 Å². The zero-order valence-corrected chi connectivity index (χ0v) is 15.7. The van der Waals surface area contributed by atoms with E-state index < -0.39 is 11.7 Å². The zero-order valence-electron chi connectivity index (χ0n) is 15.7. The molecular formula is C20H23F3N4O. The predicted molar refractivity (Wildman–Crippen MR) is 102 cm³/mol. The van der Waals surface area contributed by atoms with Gasteiger partial charge in [0.2, 0.25) is 5.91 Å². The first-order valence-electron chi connectivity index (χ1n) is 9.24. The Balaban J connectivity index is 1.54. The molecule has 1 amide bonds. The van der Waals surface area contributed by atoms with Gasteiger partial charge in [0.25, 0.3) is 0 Å². The van der Waals surface area contributed by atoms with E-state index in [0.29, 0.717) is 45.1 Å². The molecule has 5 nitrogen and oxygen atoms in total. The van der Waals surface area contributed by atoms with Gasteiger partial charge in [0, 0.05) is 44.6 Å². The number of pyridine rings is 1. The van der Waals surface area contributed by atoms with Crippen LogP contribution in [0.5, 0.6) is 0 Å². The van der Waals surface area contributed by atoms with Crippen molar-refractivity contribution in [3.05, 3.63) is 54.2 Å². The van der Waals surface area contributed by atoms with Crippen LogP contribution in [0.1, 0.15) is 12.5 Å². The first-order chi connectivity index (χ1) is 13.4. The maximum absolute atomic E-state index is 12.7. The van der Waals surface area contributed by atoms with Crippen LogP contribution in [0, 0.1) is 0 Å². The SMILES string of the molecule is CCN(C(=O)CN1CCN(c2ccc(C(F)(F)F)cn2)CC1)c1ccccc1. The van der Waals surface area contributed by atoms with Gasteiger partial charge in [-0.15, -0.1) is 0 Å². The second kappa shape index (κ2) is 8.60. The topological polar surface area (TPSA) is 39.7 Å². The van der Waals surface area contributed by atoms with Crippen LogP contribution < -0.4 is 9.80 Å². The number of benzene rings is 1. The molecule has 0 unspecified atom stereocenters. The van der Waals surface area contributed by atoms with Crippen molar-refractivity contribution in [2.75, 3.05) is 49.1 Å². The molecule has 0 atom stereocenters. The summed E-state index contributed by atoms with van der Waals surface area (Å²) in [6.45, 7) is 5.39. The number of hydrogen-bond donors (Lipinski definition) is 0. The molecule has 0 aliphatic carbocycles. The van der Waals surface area contributed by atoms with E-state index in [2.05, 4.69) is 9.88 Å². The second-order valence-corrected chi connectivity index (χ2v) is 6.64. The number of likely N-dealkylation sites (N-methyl/N-ethyl adjacent to an activating group) is 1. The minimum Gasteiger partial charge on any atom is -0.354 e. The van der Waals surface area contributed by atoms with Gasteiger partial charge in [0.15, 0.2) is 0 Å². The Morgan fingerprint density at radius 3 is 2.29 bits per heavy atom. The van der Waals surface area contributed by atoms with Crippen molar-refractivity contribution >= 4 is 17.4 Å². The molecule has 28 heavy (non-hydrogen) atoms. The molecule has 1 aliphatic heterocycles. The van der Waals surface area contributed by atoms with Crippen LogP contribution in [0.4, 0.5) is 24.7 Å². The Bertz CT molecular complexity index is 772. The van der Waals surface area contributed by atoms with E-state index in [0.717, 1.165) is 18.0 Å². The monoisotopic (exact) mass is 392 g/mol. The molecule has 1 aliphatic rings. The number of anilines is 2. The number of halogens is 3. The largest absolute Gasteiger partial charge is 0.417 e. The van der Waals surface area contributed by atoms with Gasteiger partial charge < -0.3 is 9.80 Å². The summed E-state index contributed by atoms with van der Waals surface area (Å²) in [5.41, 5.74) is 0.128. The van der Waals surface area contributed by atoms with E-state index in [4.69, 9.17) is 0 Å². The number of carbonyl (C=O) groups excluding carboxylic acids is 1. The molecule has 0 bridgehead atoms. The average Bonchev–Trinajstić information content (AvgIpc) is 2.69. The van der Waals surface area contributed by atoms with Crippen LogP contribution in [0.25, 0.3) is 0 Å². The third-order valence-corrected chi connectivity index (χ3v) is 4.82. The van der Waals surface area contributed by atoms with Gasteiger partial charge in [-0.3, -0.25) is 9.69 Å². The lowest BCUT2D eigenvalue weighted by molar-refractivity contribution is -0.137. The Morgan fingerprint density at radius 1 is 1.07 bits per heavy atom. The lowest BCUT2D eigenvalue weighted by Crippen LogP contribution is -2.50. The number of hydrogen-bond acceptors (Lipinski definition) is 4. The van der Waals surface area contributed by atoms with Crippen LogP contribution in [0.15, 0.2) is 48.7 Å². The van der Waals surface area contributed by atoms with Gasteiger partial charge in [-0.2, -0.15) is 13.2 Å². The molecule has 2 heterocycles. The lowest BCUT2D eigenvalue weighted by Gasteiger charge is -2.36. The number of nitrogens with zero attached hydrogens (tertiary/aromatic N) is 4. The van der Waals surface area contributed by atoms with E-state index in [1.165, 1.54) is 6.07 Å². The van der Waals surface area contributed by atoms with Crippen molar-refractivity contribution in [3.8, 4) is 0 Å². The van der Waals surface area contributed by atoms with E-state index in [1.807, 2.05) is 42.2 Å². The molecule has 1 aromatic carbocycles. The van der Waals surface area contributed by atoms with E-state index in [1.54, 1.807) is 4.90 Å². The van der Waals surface area contributed by atoms with Crippen molar-refractivity contribution < 1.29 is 18.0 Å². The van der Waals surface area contributed by atoms with Gasteiger partial charge >= 0.3 is 6.18 Å². The van der Waals surface area contributed by atoms with Gasteiger partial charge in [-0.25, -0.2) is 4.98 Å². The average molecular weight is 392 g/mol. The third-order valence-electron chi connectivity index (χ3n) is 4.82. The summed E-state index contributed by atoms with van der Waals surface area (Å²) in [6.07, 6.45) is -3.52. The number of piperazine rings is 1. The second-order valence-electron chi connectivity index (χ2n) is 6.64. The molecule has 3 rings (SSSR count). The van der Waals surface area contributed by atoms with Crippen LogP contribution in [0.3, 0.4) is 0 Å². The molecular weight excluding hydrogens is 369 g/mol. The smallest absolute Gasteiger partial charge is 0.354 e. The highest BCUT2D eigenvalue weighted by atomic mass is 19.4. The maximum Gasteiger partial charge on any atom is 0.417 e. The molecule has 150 valence electrons. The minimum absolute atomic E-state index is 0.0369. The Kier molecular flexibility index (Phi) is 6.18. The Morgan fingerprint density at radius 2 is 1.75 bits per heavy atom. The minimum atomic E-state index is -4.38. The van der Waals surface area contributed by atoms with Crippen LogP contribution >= 0.6 is 0 Å². The van der Waals surface area contributed by atoms with Crippen LogP contribution in [-0.2, 0) is 11.0 Å². The summed E-state index contributed by atoms with van der Waals surface area (Å²) >= 11 is 0. The molecule has 0 radical (unpaired) electrons. The summed E-state index contributed by atoms with van der Waals surface area (Å²) in [5.74, 6) is 0.563. The van der Waals surface area contributed by atoms with E-state index >= 15 is 0 Å². The summed E-state index contributed by atoms with van der Waals surface area (Å²) in [5, 5.41) is 0. The maximum atomic E-state index is 12.7. The molecule has 1 saturated heterocycles. The standard InChI is InChI=1S/C20H23F3N4O/c1-2-27(17-6-4-3-5-7-17)19(28)15-25-10-12-26(13-11-25)18-9-8-16(14-24-18)20(21,22)23/h3-9,14H,2,10-13,15H2,1H3. The van der Waals surface area contributed by atoms with Crippen LogP contribution in [-0.4, -0.2) is 55.1 Å². The fraction of sp³-hybridized carbons (Fsp3) is 0.400. The number of rotatable bonds is 5. The van der Waals surface area contributed by atoms with Gasteiger partial charge in [0.1, 0.15) is 5.82 Å². The highest BCUT2D eigenvalue weighted by molar-refractivity contribution is 5.94. The number of carbonyl (C=O) groups is 1. The molecule has 0 saturated carbocycles. The summed E-state index contributed by atoms with van der Waals surface area (Å²) < 4.78 is 38.0. The predicted octanol–water partition coefficient (Wildman–Crippen LogP) is 3.28. The van der Waals surface area contributed by atoms with Gasteiger partial charge in [-0.05, 0) is 31.2 Å². The first-order valence-corrected chi connectivity index (χ1v) is 9.24. The summed E-state index contributed by atoms with van der Waals surface area (Å²) in [7, 11) is 0. The summed E-state index contributed by atoms with van der Waals surface area (Å²) in [4.78, 5) is 22.4. The Hall–Kier alpha value is -2.61. The van der Waals surface area contributed by atoms with Gasteiger partial charge in [-0.1, -0.05) is 18.2 Å². The molecule has 1 fully saturated rings. The molecule has 8 heteroatoms. The highest BCUT2D eigenvalue weighted by Gasteiger charge is 2.31. The number of para-hydroxylation sites is 1. The van der Waals surface area contributed by atoms with Crippen molar-refractivity contribution in [1.29, 1.82) is 0 Å². The quantitative estimate of drug-likeness (QED) is 0.783. The fourth-order valence-electron chi connectivity index (χ4n) is 3.26. The van der Waals surface area contributed by atoms with Crippen molar-refractivity contribution in [1.82, 2.24) is 9.88 Å². The third kappa shape index (κ3) is 4.81. The Labute approximate surface area is 162 Å². The first kappa shape index (κ1) is 20.1. The molecule has 0 spiro atoms.